The van der Waals surface area contributed by atoms with Gasteiger partial charge in [-0.1, -0.05) is 48.0 Å². The lowest BCUT2D eigenvalue weighted by Crippen LogP contribution is -2.61. The molecule has 3 heterocycles. The zero-order chi connectivity index (χ0) is 39.6. The Morgan fingerprint density at radius 1 is 0.982 bits per heavy atom. The maximum Gasteiger partial charge on any atom is 0.264 e. The molecule has 0 spiro atoms. The molecule has 0 aliphatic carbocycles. The Bertz CT molecular complexity index is 2060. The van der Waals surface area contributed by atoms with Crippen molar-refractivity contribution in [2.24, 2.45) is 10.7 Å². The molecule has 0 bridgehead atoms. The van der Waals surface area contributed by atoms with Gasteiger partial charge in [0.2, 0.25) is 39.5 Å². The van der Waals surface area contributed by atoms with E-state index < -0.39 is 56.3 Å². The molecular weight excluding hydrogens is 769 g/mol. The lowest BCUT2D eigenvalue weighted by atomic mass is 10.1. The highest BCUT2D eigenvalue weighted by atomic mass is 32.2. The van der Waals surface area contributed by atoms with Gasteiger partial charge in [-0.05, 0) is 56.7 Å². The summed E-state index contributed by atoms with van der Waals surface area (Å²) in [5.41, 5.74) is 7.27. The number of aryl methyl sites for hydroxylation is 1. The lowest BCUT2D eigenvalue weighted by molar-refractivity contribution is -0.146. The number of nitrogens with one attached hydrogen (secondary N) is 2. The molecule has 2 aliphatic rings. The molecule has 2 atom stereocenters. The maximum atomic E-state index is 14.0. The Morgan fingerprint density at radius 2 is 1.69 bits per heavy atom. The second-order valence-electron chi connectivity index (χ2n) is 13.4. The van der Waals surface area contributed by atoms with Crippen molar-refractivity contribution < 1.29 is 36.0 Å². The summed E-state index contributed by atoms with van der Waals surface area (Å²) in [6.07, 6.45) is 4.01. The highest BCUT2D eigenvalue weighted by molar-refractivity contribution is 7.90. The van der Waals surface area contributed by atoms with Gasteiger partial charge in [-0.25, -0.2) is 26.5 Å². The molecule has 2 fully saturated rings. The molecule has 296 valence electrons. The zero-order valence-corrected chi connectivity index (χ0v) is 33.0. The summed E-state index contributed by atoms with van der Waals surface area (Å²) < 4.78 is 56.0. The fourth-order valence-corrected chi connectivity index (χ4v) is 9.70. The molecule has 2 aliphatic heterocycles. The lowest BCUT2D eigenvalue weighted by Gasteiger charge is -2.40. The average Bonchev–Trinajstić information content (AvgIpc) is 3.70. The van der Waals surface area contributed by atoms with Crippen LogP contribution in [0.15, 0.2) is 76.1 Å². The van der Waals surface area contributed by atoms with Crippen molar-refractivity contribution in [2.45, 2.75) is 68.2 Å². The number of hydrogen-bond donors (Lipinski definition) is 3. The van der Waals surface area contributed by atoms with E-state index in [4.69, 9.17) is 5.73 Å². The van der Waals surface area contributed by atoms with E-state index >= 15 is 0 Å². The number of sulfonamides is 2. The van der Waals surface area contributed by atoms with Gasteiger partial charge in [0, 0.05) is 44.3 Å². The summed E-state index contributed by atoms with van der Waals surface area (Å²) >= 11 is 1.09. The number of thiazole rings is 1. The molecule has 3 aromatic rings. The van der Waals surface area contributed by atoms with Crippen LogP contribution in [-0.2, 0) is 40.2 Å². The zero-order valence-electron chi connectivity index (χ0n) is 30.5. The first-order valence-corrected chi connectivity index (χ1v) is 21.9. The third-order valence-electron chi connectivity index (χ3n) is 9.29. The number of rotatable bonds is 16. The van der Waals surface area contributed by atoms with Gasteiger partial charge in [0.15, 0.2) is 5.01 Å². The number of piperidine rings is 1. The molecule has 2 saturated heterocycles. The highest BCUT2D eigenvalue weighted by Crippen LogP contribution is 2.24. The van der Waals surface area contributed by atoms with E-state index in [1.165, 1.54) is 23.2 Å². The number of ketones is 1. The van der Waals surface area contributed by atoms with Crippen molar-refractivity contribution >= 4 is 60.8 Å². The fourth-order valence-electron chi connectivity index (χ4n) is 6.42. The molecule has 55 heavy (non-hydrogen) atoms. The van der Waals surface area contributed by atoms with Crippen LogP contribution in [-0.4, -0.2) is 117 Å². The van der Waals surface area contributed by atoms with E-state index in [1.807, 2.05) is 6.92 Å². The minimum atomic E-state index is -4.04. The van der Waals surface area contributed by atoms with Crippen LogP contribution in [0.3, 0.4) is 0 Å². The number of aliphatic imine (C=N–C) groups is 1. The van der Waals surface area contributed by atoms with Crippen LogP contribution in [0.5, 0.6) is 0 Å². The number of nitrogens with zero attached hydrogens (tertiary/aromatic N) is 5. The SMILES string of the molecule is Cc1ccc(S(=O)(=O)NC(N)=NCCC[C@H](NC(=O)CN2CCN(S(=O)(=O)Cc3ccccc3)[C@H](CC(=O)N3CCCCC3)C2=O)C(=O)c2nccs2)cc1. The Hall–Kier alpha value is -4.72. The summed E-state index contributed by atoms with van der Waals surface area (Å²) in [4.78, 5) is 65.3. The molecule has 0 unspecified atom stereocenters. The number of piperazine rings is 1. The molecule has 2 aromatic carbocycles. The third-order valence-corrected chi connectivity index (χ3v) is 13.3. The summed E-state index contributed by atoms with van der Waals surface area (Å²) in [6.45, 7) is 2.19. The monoisotopic (exact) mass is 814 g/mol. The minimum absolute atomic E-state index is 0.0155. The fraction of sp³-hybridized carbons (Fsp3) is 0.444. The van der Waals surface area contributed by atoms with Crippen LogP contribution >= 0.6 is 11.3 Å². The normalized spacial score (nSPS) is 17.8. The number of nitrogens with two attached hydrogens (primary N) is 1. The van der Waals surface area contributed by atoms with Gasteiger partial charge < -0.3 is 20.9 Å². The van der Waals surface area contributed by atoms with Gasteiger partial charge in [0.05, 0.1) is 29.7 Å². The number of amides is 3. The first-order chi connectivity index (χ1) is 26.2. The van der Waals surface area contributed by atoms with Gasteiger partial charge in [0.25, 0.3) is 10.0 Å². The molecule has 0 saturated carbocycles. The topological polar surface area (TPSA) is 222 Å². The molecule has 0 radical (unpaired) electrons. The first-order valence-electron chi connectivity index (χ1n) is 18.0. The van der Waals surface area contributed by atoms with Crippen LogP contribution in [0.25, 0.3) is 0 Å². The largest absolute Gasteiger partial charge is 0.369 e. The van der Waals surface area contributed by atoms with Gasteiger partial charge >= 0.3 is 0 Å². The van der Waals surface area contributed by atoms with E-state index in [2.05, 4.69) is 20.0 Å². The first kappa shape index (κ1) is 41.4. The maximum absolute atomic E-state index is 14.0. The highest BCUT2D eigenvalue weighted by Gasteiger charge is 2.43. The predicted molar refractivity (Wildman–Crippen MR) is 207 cm³/mol. The Kier molecular flexibility index (Phi) is 14.1. The van der Waals surface area contributed by atoms with E-state index in [1.54, 1.807) is 52.7 Å². The van der Waals surface area contributed by atoms with Crippen molar-refractivity contribution in [3.63, 3.8) is 0 Å². The smallest absolute Gasteiger partial charge is 0.264 e. The average molecular weight is 815 g/mol. The van der Waals surface area contributed by atoms with Crippen LogP contribution in [0, 0.1) is 6.92 Å². The summed E-state index contributed by atoms with van der Waals surface area (Å²) in [5.74, 6) is -2.84. The Balaban J connectivity index is 1.24. The van der Waals surface area contributed by atoms with E-state index in [0.717, 1.165) is 40.5 Å². The molecular formula is C36H46N8O8S3. The molecule has 19 heteroatoms. The molecule has 5 rings (SSSR count). The second-order valence-corrected chi connectivity index (χ2v) is 17.9. The van der Waals surface area contributed by atoms with E-state index in [9.17, 15) is 36.0 Å². The quantitative estimate of drug-likeness (QED) is 0.0821. The van der Waals surface area contributed by atoms with Crippen LogP contribution < -0.4 is 15.8 Å². The van der Waals surface area contributed by atoms with Crippen molar-refractivity contribution in [3.05, 3.63) is 82.3 Å². The van der Waals surface area contributed by atoms with E-state index in [-0.39, 0.29) is 66.4 Å². The summed E-state index contributed by atoms with van der Waals surface area (Å²) in [7, 11) is -8.00. The van der Waals surface area contributed by atoms with Crippen LogP contribution in [0.1, 0.15) is 59.5 Å². The molecule has 3 amide bonds. The van der Waals surface area contributed by atoms with Gasteiger partial charge in [-0.3, -0.25) is 24.2 Å². The molecule has 1 aromatic heterocycles. The number of hydrogen-bond acceptors (Lipinski definition) is 11. The predicted octanol–water partition coefficient (Wildman–Crippen LogP) is 1.64. The standard InChI is InChI=1S/C36H46N8O8S3/c1-26-12-14-28(15-13-26)55(51,52)41-36(37)39-16-8-11-29(33(47)34-38-17-22-53-34)40-31(45)24-43-20-21-44(54(49,50)25-27-9-4-2-5-10-27)30(35(43)48)23-32(46)42-18-6-3-7-19-42/h2,4-5,9-10,12-15,17,22,29-30H,3,6-8,11,16,18-21,23-25H2,1H3,(H,40,45)(H3,37,39,41)/t29-,30+/m0/s1. The molecule has 16 nitrogen and oxygen atoms in total. The number of likely N-dealkylation sites (tertiary alicyclic amines) is 1. The Morgan fingerprint density at radius 3 is 2.36 bits per heavy atom. The van der Waals surface area contributed by atoms with Crippen molar-refractivity contribution in [1.82, 2.24) is 29.1 Å². The van der Waals surface area contributed by atoms with Gasteiger partial charge in [-0.15, -0.1) is 11.3 Å². The summed E-state index contributed by atoms with van der Waals surface area (Å²) in [5, 5.41) is 4.47. The number of guanidine groups is 1. The van der Waals surface area contributed by atoms with E-state index in [0.29, 0.717) is 18.7 Å². The number of carbonyl (C=O) groups is 4. The minimum Gasteiger partial charge on any atom is -0.369 e. The van der Waals surface area contributed by atoms with Gasteiger partial charge in [0.1, 0.15) is 6.04 Å². The number of aromatic nitrogens is 1. The second kappa shape index (κ2) is 18.7. The summed E-state index contributed by atoms with van der Waals surface area (Å²) in [6, 6.07) is 12.3. The van der Waals surface area contributed by atoms with Crippen LogP contribution in [0.2, 0.25) is 0 Å². The van der Waals surface area contributed by atoms with Crippen molar-refractivity contribution in [1.29, 1.82) is 0 Å². The Labute approximate surface area is 325 Å². The van der Waals surface area contributed by atoms with Crippen molar-refractivity contribution in [3.8, 4) is 0 Å². The van der Waals surface area contributed by atoms with Crippen molar-refractivity contribution in [2.75, 3.05) is 39.3 Å². The number of carbonyl (C=O) groups excluding carboxylic acids is 4. The van der Waals surface area contributed by atoms with Gasteiger partial charge in [-0.2, -0.15) is 4.31 Å². The molecule has 4 N–H and O–H groups in total. The van der Waals surface area contributed by atoms with Crippen LogP contribution in [0.4, 0.5) is 0 Å². The number of benzene rings is 2. The number of Topliss-reactive ketones (excluding diaryl/α,β-unsaturated/α-hetero) is 1. The third kappa shape index (κ3) is 11.4.